The molecule has 4 rings (SSSR count). The van der Waals surface area contributed by atoms with Gasteiger partial charge in [-0.25, -0.2) is 14.5 Å². The first-order chi connectivity index (χ1) is 14.1. The summed E-state index contributed by atoms with van der Waals surface area (Å²) in [5.74, 6) is 0.238. The van der Waals surface area contributed by atoms with Gasteiger partial charge in [0.1, 0.15) is 5.37 Å². The van der Waals surface area contributed by atoms with Crippen molar-refractivity contribution in [3.05, 3.63) is 91.0 Å². The number of hydrogen-bond acceptors (Lipinski definition) is 3. The number of benzene rings is 3. The van der Waals surface area contributed by atoms with E-state index in [-0.39, 0.29) is 11.9 Å². The molecule has 1 atom stereocenters. The quantitative estimate of drug-likeness (QED) is 0.604. The zero-order chi connectivity index (χ0) is 20.2. The number of nitrogens with one attached hydrogen (secondary N) is 1. The molecule has 1 unspecified atom stereocenters. The molecule has 1 heterocycles. The fourth-order valence-corrected chi connectivity index (χ4v) is 3.49. The van der Waals surface area contributed by atoms with Crippen molar-refractivity contribution in [3.63, 3.8) is 0 Å². The monoisotopic (exact) mass is 402 g/mol. The molecule has 0 radical (unpaired) electrons. The van der Waals surface area contributed by atoms with Crippen molar-refractivity contribution in [1.82, 2.24) is 0 Å². The smallest absolute Gasteiger partial charge is 0.306 e. The summed E-state index contributed by atoms with van der Waals surface area (Å²) in [6.07, 6.45) is 0. The number of carbonyl (C=O) groups excluding carboxylic acids is 2. The summed E-state index contributed by atoms with van der Waals surface area (Å²) in [4.78, 5) is 32.9. The van der Waals surface area contributed by atoms with E-state index in [0.29, 0.717) is 17.1 Å². The van der Waals surface area contributed by atoms with Gasteiger partial charge in [-0.3, -0.25) is 4.90 Å². The zero-order valence-electron chi connectivity index (χ0n) is 15.3. The Balaban J connectivity index is 1.72. The predicted molar refractivity (Wildman–Crippen MR) is 119 cm³/mol. The average molecular weight is 402 g/mol. The van der Waals surface area contributed by atoms with Gasteiger partial charge in [0, 0.05) is 11.4 Å². The molecule has 0 aliphatic carbocycles. The van der Waals surface area contributed by atoms with E-state index < -0.39 is 11.4 Å². The van der Waals surface area contributed by atoms with Crippen LogP contribution in [0, 0.1) is 0 Å². The molecule has 0 spiro atoms. The minimum absolute atomic E-state index is 0.238. The first kappa shape index (κ1) is 18.8. The summed E-state index contributed by atoms with van der Waals surface area (Å²) in [6, 6.07) is 26.4. The summed E-state index contributed by atoms with van der Waals surface area (Å²) in [7, 11) is 0. The molecule has 3 aromatic carbocycles. The maximum atomic E-state index is 13.3. The second-order valence-electron chi connectivity index (χ2n) is 6.30. The van der Waals surface area contributed by atoms with Gasteiger partial charge in [-0.1, -0.05) is 54.6 Å². The number of urea groups is 2. The Morgan fingerprint density at radius 3 is 1.93 bits per heavy atom. The Morgan fingerprint density at radius 2 is 1.34 bits per heavy atom. The first-order valence-corrected chi connectivity index (χ1v) is 9.53. The second-order valence-corrected chi connectivity index (χ2v) is 6.79. The standard InChI is InChI=1S/C22H18N4O2S/c27-21(23-16-10-4-1-5-11-16)24-19-20(29)26(18-14-8-3-9-15-18)22(28)25(19)17-12-6-2-7-13-17/h1-15,20,29H,(H,23,27)/b24-19+. The van der Waals surface area contributed by atoms with Gasteiger partial charge >= 0.3 is 12.1 Å². The van der Waals surface area contributed by atoms with Gasteiger partial charge < -0.3 is 5.32 Å². The van der Waals surface area contributed by atoms with Crippen LogP contribution in [-0.2, 0) is 0 Å². The van der Waals surface area contributed by atoms with Crippen LogP contribution < -0.4 is 15.1 Å². The maximum Gasteiger partial charge on any atom is 0.347 e. The predicted octanol–water partition coefficient (Wildman–Crippen LogP) is 5.02. The van der Waals surface area contributed by atoms with Crippen LogP contribution in [0.5, 0.6) is 0 Å². The molecule has 144 valence electrons. The summed E-state index contributed by atoms with van der Waals surface area (Å²) < 4.78 is 0. The Labute approximate surface area is 173 Å². The molecular formula is C22H18N4O2S. The summed E-state index contributed by atoms with van der Waals surface area (Å²) in [5.41, 5.74) is 1.90. The van der Waals surface area contributed by atoms with Crippen LogP contribution in [-0.4, -0.2) is 23.3 Å². The van der Waals surface area contributed by atoms with E-state index in [9.17, 15) is 9.59 Å². The van der Waals surface area contributed by atoms with Crippen LogP contribution in [0.2, 0.25) is 0 Å². The highest BCUT2D eigenvalue weighted by molar-refractivity contribution is 7.82. The lowest BCUT2D eigenvalue weighted by Gasteiger charge is -2.19. The van der Waals surface area contributed by atoms with Crippen LogP contribution in [0.4, 0.5) is 26.7 Å². The third-order valence-corrected chi connectivity index (χ3v) is 4.85. The minimum atomic E-state index is -0.716. The topological polar surface area (TPSA) is 65.0 Å². The van der Waals surface area contributed by atoms with Crippen molar-refractivity contribution in [2.75, 3.05) is 15.1 Å². The lowest BCUT2D eigenvalue weighted by molar-refractivity contribution is 0.256. The fourth-order valence-electron chi connectivity index (χ4n) is 3.09. The second kappa shape index (κ2) is 8.20. The van der Waals surface area contributed by atoms with Crippen molar-refractivity contribution in [2.45, 2.75) is 5.37 Å². The summed E-state index contributed by atoms with van der Waals surface area (Å²) in [5, 5.41) is 2.00. The molecule has 0 saturated carbocycles. The number of para-hydroxylation sites is 3. The van der Waals surface area contributed by atoms with Gasteiger partial charge in [0.2, 0.25) is 0 Å². The molecule has 1 saturated heterocycles. The fraction of sp³-hybridized carbons (Fsp3) is 0.0455. The van der Waals surface area contributed by atoms with Crippen molar-refractivity contribution < 1.29 is 9.59 Å². The number of amides is 4. The van der Waals surface area contributed by atoms with E-state index in [2.05, 4.69) is 22.9 Å². The third kappa shape index (κ3) is 3.86. The highest BCUT2D eigenvalue weighted by Gasteiger charge is 2.43. The van der Waals surface area contributed by atoms with Crippen molar-refractivity contribution in [2.24, 2.45) is 4.99 Å². The third-order valence-electron chi connectivity index (χ3n) is 4.39. The Bertz CT molecular complexity index is 1040. The van der Waals surface area contributed by atoms with E-state index in [4.69, 9.17) is 0 Å². The molecule has 4 amide bonds. The molecule has 3 aromatic rings. The molecule has 1 aliphatic heterocycles. The van der Waals surface area contributed by atoms with Crippen LogP contribution in [0.1, 0.15) is 0 Å². The molecule has 7 heteroatoms. The number of nitrogens with zero attached hydrogens (tertiary/aromatic N) is 3. The van der Waals surface area contributed by atoms with Crippen molar-refractivity contribution in [3.8, 4) is 0 Å². The zero-order valence-corrected chi connectivity index (χ0v) is 16.2. The van der Waals surface area contributed by atoms with E-state index in [1.165, 1.54) is 9.80 Å². The van der Waals surface area contributed by atoms with Gasteiger partial charge in [0.15, 0.2) is 5.84 Å². The van der Waals surface area contributed by atoms with E-state index in [1.54, 1.807) is 24.3 Å². The van der Waals surface area contributed by atoms with Crippen LogP contribution >= 0.6 is 12.6 Å². The van der Waals surface area contributed by atoms with E-state index in [0.717, 1.165) is 0 Å². The number of carbonyl (C=O) groups is 2. The first-order valence-electron chi connectivity index (χ1n) is 9.01. The molecule has 0 aromatic heterocycles. The van der Waals surface area contributed by atoms with Gasteiger partial charge in [0.05, 0.1) is 5.69 Å². The number of thiol groups is 1. The van der Waals surface area contributed by atoms with Crippen molar-refractivity contribution >= 4 is 47.6 Å². The van der Waals surface area contributed by atoms with Gasteiger partial charge in [-0.05, 0) is 36.4 Å². The molecular weight excluding hydrogens is 384 g/mol. The maximum absolute atomic E-state index is 13.3. The number of amidine groups is 1. The largest absolute Gasteiger partial charge is 0.347 e. The lowest BCUT2D eigenvalue weighted by atomic mass is 10.3. The SMILES string of the molecule is O=C(/N=C1\C(S)N(c2ccccc2)C(=O)N1c1ccccc1)Nc1ccccc1. The molecule has 1 aliphatic rings. The molecule has 29 heavy (non-hydrogen) atoms. The van der Waals surface area contributed by atoms with Gasteiger partial charge in [-0.15, -0.1) is 12.6 Å². The number of anilines is 3. The van der Waals surface area contributed by atoms with Crippen molar-refractivity contribution in [1.29, 1.82) is 0 Å². The highest BCUT2D eigenvalue weighted by atomic mass is 32.1. The number of aliphatic imine (C=N–C) groups is 1. The van der Waals surface area contributed by atoms with Crippen LogP contribution in [0.15, 0.2) is 96.0 Å². The Hall–Kier alpha value is -3.58. The lowest BCUT2D eigenvalue weighted by Crippen LogP contribution is -2.33. The normalized spacial score (nSPS) is 17.6. The number of rotatable bonds is 3. The molecule has 0 bridgehead atoms. The Morgan fingerprint density at radius 1 is 0.828 bits per heavy atom. The van der Waals surface area contributed by atoms with Gasteiger partial charge in [-0.2, -0.15) is 4.99 Å². The molecule has 6 nitrogen and oxygen atoms in total. The summed E-state index contributed by atoms with van der Waals surface area (Å²) >= 11 is 4.62. The number of hydrogen-bond donors (Lipinski definition) is 2. The average Bonchev–Trinajstić information content (AvgIpc) is 2.99. The van der Waals surface area contributed by atoms with Crippen LogP contribution in [0.3, 0.4) is 0 Å². The molecule has 1 N–H and O–H groups in total. The highest BCUT2D eigenvalue weighted by Crippen LogP contribution is 2.32. The van der Waals surface area contributed by atoms with Gasteiger partial charge in [0.25, 0.3) is 0 Å². The summed E-state index contributed by atoms with van der Waals surface area (Å²) in [6.45, 7) is 0. The molecule has 1 fully saturated rings. The Kier molecular flexibility index (Phi) is 5.31. The van der Waals surface area contributed by atoms with E-state index >= 15 is 0 Å². The van der Waals surface area contributed by atoms with E-state index in [1.807, 2.05) is 66.7 Å². The minimum Gasteiger partial charge on any atom is -0.306 e. The van der Waals surface area contributed by atoms with Crippen LogP contribution in [0.25, 0.3) is 0 Å².